The molecule has 6 nitrogen and oxygen atoms in total. The van der Waals surface area contributed by atoms with Crippen LogP contribution in [0.4, 0.5) is 0 Å². The van der Waals surface area contributed by atoms with Crippen molar-refractivity contribution in [2.45, 2.75) is 12.0 Å². The molecule has 2 saturated heterocycles. The number of morpholine rings is 1. The van der Waals surface area contributed by atoms with E-state index in [9.17, 15) is 9.59 Å². The fourth-order valence-electron chi connectivity index (χ4n) is 3.30. The molecular weight excluding hydrogens is 326 g/mol. The smallest absolute Gasteiger partial charge is 0.251 e. The quantitative estimate of drug-likeness (QED) is 0.818. The summed E-state index contributed by atoms with van der Waals surface area (Å²) in [6, 6.07) is 6.54. The van der Waals surface area contributed by atoms with Gasteiger partial charge in [-0.2, -0.15) is 11.8 Å². The number of primary amides is 1. The fraction of sp³-hybridized carbons (Fsp3) is 0.529. The molecule has 1 aromatic carbocycles. The van der Waals surface area contributed by atoms with Crippen LogP contribution in [0, 0.1) is 0 Å². The Bertz CT molecular complexity index is 611. The highest BCUT2D eigenvalue weighted by Gasteiger charge is 2.40. The van der Waals surface area contributed by atoms with Crippen molar-refractivity contribution < 1.29 is 14.3 Å². The highest BCUT2D eigenvalue weighted by Crippen LogP contribution is 2.33. The van der Waals surface area contributed by atoms with Crippen molar-refractivity contribution in [3.63, 3.8) is 0 Å². The zero-order chi connectivity index (χ0) is 17.0. The Morgan fingerprint density at radius 3 is 2.71 bits per heavy atom. The predicted molar refractivity (Wildman–Crippen MR) is 94.4 cm³/mol. The minimum atomic E-state index is -0.526. The van der Waals surface area contributed by atoms with Crippen LogP contribution in [-0.4, -0.2) is 66.6 Å². The summed E-state index contributed by atoms with van der Waals surface area (Å²) in [5, 5.41) is 3.06. The second-order valence-electron chi connectivity index (χ2n) is 6.25. The molecule has 0 aliphatic carbocycles. The molecule has 130 valence electrons. The second kappa shape index (κ2) is 7.55. The Hall–Kier alpha value is -1.57. The normalized spacial score (nSPS) is 24.7. The van der Waals surface area contributed by atoms with Gasteiger partial charge in [-0.1, -0.05) is 6.07 Å². The van der Waals surface area contributed by atoms with E-state index in [-0.39, 0.29) is 11.4 Å². The Morgan fingerprint density at radius 1 is 1.29 bits per heavy atom. The van der Waals surface area contributed by atoms with Crippen molar-refractivity contribution in [2.24, 2.45) is 5.73 Å². The topological polar surface area (TPSA) is 84.7 Å². The number of benzene rings is 1. The van der Waals surface area contributed by atoms with Crippen LogP contribution in [0.1, 0.15) is 27.1 Å². The molecule has 0 aromatic heterocycles. The maximum absolute atomic E-state index is 12.5. The Kier molecular flexibility index (Phi) is 5.43. The number of hydrogen-bond acceptors (Lipinski definition) is 5. The molecule has 7 heteroatoms. The molecule has 1 atom stereocenters. The zero-order valence-corrected chi connectivity index (χ0v) is 14.4. The van der Waals surface area contributed by atoms with Crippen LogP contribution in [0.25, 0.3) is 0 Å². The summed E-state index contributed by atoms with van der Waals surface area (Å²) in [7, 11) is 0. The first kappa shape index (κ1) is 17.3. The van der Waals surface area contributed by atoms with Gasteiger partial charge < -0.3 is 15.8 Å². The number of carbonyl (C=O) groups is 2. The largest absolute Gasteiger partial charge is 0.379 e. The molecule has 0 saturated carbocycles. The summed E-state index contributed by atoms with van der Waals surface area (Å²) in [4.78, 5) is 26.2. The monoisotopic (exact) mass is 349 g/mol. The van der Waals surface area contributed by atoms with Gasteiger partial charge in [0.15, 0.2) is 0 Å². The number of amides is 2. The van der Waals surface area contributed by atoms with E-state index in [2.05, 4.69) is 10.2 Å². The molecule has 2 amide bonds. The molecule has 24 heavy (non-hydrogen) atoms. The molecule has 2 heterocycles. The van der Waals surface area contributed by atoms with Crippen molar-refractivity contribution in [2.75, 3.05) is 44.4 Å². The van der Waals surface area contributed by atoms with Crippen LogP contribution >= 0.6 is 11.8 Å². The number of ether oxygens (including phenoxy) is 1. The van der Waals surface area contributed by atoms with E-state index < -0.39 is 5.91 Å². The van der Waals surface area contributed by atoms with E-state index in [0.717, 1.165) is 44.2 Å². The summed E-state index contributed by atoms with van der Waals surface area (Å²) in [6.07, 6.45) is 1.07. The van der Waals surface area contributed by atoms with Crippen molar-refractivity contribution in [3.05, 3.63) is 35.4 Å². The molecular formula is C17H23N3O3S. The molecule has 2 aliphatic rings. The van der Waals surface area contributed by atoms with Gasteiger partial charge in [-0.05, 0) is 30.4 Å². The fourth-order valence-corrected chi connectivity index (χ4v) is 4.77. The van der Waals surface area contributed by atoms with Gasteiger partial charge in [-0.25, -0.2) is 0 Å². The molecule has 0 radical (unpaired) electrons. The highest BCUT2D eigenvalue weighted by atomic mass is 32.2. The lowest BCUT2D eigenvalue weighted by Gasteiger charge is -2.43. The molecule has 3 N–H and O–H groups in total. The molecule has 0 unspecified atom stereocenters. The number of carbonyl (C=O) groups excluding carboxylic acids is 2. The minimum absolute atomic E-state index is 0.00536. The lowest BCUT2D eigenvalue weighted by Crippen LogP contribution is -2.59. The lowest BCUT2D eigenvalue weighted by atomic mass is 9.95. The molecule has 2 aliphatic heterocycles. The van der Waals surface area contributed by atoms with E-state index >= 15 is 0 Å². The number of rotatable bonds is 5. The van der Waals surface area contributed by atoms with Crippen LogP contribution in [-0.2, 0) is 4.74 Å². The van der Waals surface area contributed by atoms with E-state index in [4.69, 9.17) is 10.5 Å². The molecule has 1 aromatic rings. The van der Waals surface area contributed by atoms with Gasteiger partial charge >= 0.3 is 0 Å². The third kappa shape index (κ3) is 3.74. The van der Waals surface area contributed by atoms with E-state index in [1.54, 1.807) is 24.3 Å². The van der Waals surface area contributed by atoms with Gasteiger partial charge in [-0.15, -0.1) is 0 Å². The Labute approximate surface area is 146 Å². The van der Waals surface area contributed by atoms with Gasteiger partial charge in [0.2, 0.25) is 5.91 Å². The average Bonchev–Trinajstić information content (AvgIpc) is 3.11. The van der Waals surface area contributed by atoms with Crippen molar-refractivity contribution >= 4 is 23.6 Å². The summed E-state index contributed by atoms with van der Waals surface area (Å²) in [6.45, 7) is 3.93. The first-order chi connectivity index (χ1) is 11.6. The number of thioether (sulfide) groups is 1. The lowest BCUT2D eigenvalue weighted by molar-refractivity contribution is -0.0129. The van der Waals surface area contributed by atoms with Crippen molar-refractivity contribution in [1.82, 2.24) is 10.2 Å². The number of hydrogen-bond donors (Lipinski definition) is 2. The molecule has 0 spiro atoms. The Morgan fingerprint density at radius 2 is 2.04 bits per heavy atom. The standard InChI is InChI=1S/C17H23N3O3S/c18-15(21)13-2-1-3-14(10-13)16(22)19-11-17(4-9-24-12-17)20-5-7-23-8-6-20/h1-3,10H,4-9,11-12H2,(H2,18,21)(H,19,22)/t17-/m0/s1. The predicted octanol–water partition coefficient (Wildman–Crippen LogP) is 0.723. The zero-order valence-electron chi connectivity index (χ0n) is 13.6. The summed E-state index contributed by atoms with van der Waals surface area (Å²) in [5.41, 5.74) is 6.10. The third-order valence-electron chi connectivity index (χ3n) is 4.75. The van der Waals surface area contributed by atoms with Gasteiger partial charge in [-0.3, -0.25) is 14.5 Å². The van der Waals surface area contributed by atoms with Gasteiger partial charge in [0.05, 0.1) is 13.2 Å². The third-order valence-corrected chi connectivity index (χ3v) is 5.99. The van der Waals surface area contributed by atoms with Crippen molar-refractivity contribution in [1.29, 1.82) is 0 Å². The number of nitrogens with zero attached hydrogens (tertiary/aromatic N) is 1. The maximum Gasteiger partial charge on any atom is 0.251 e. The molecule has 3 rings (SSSR count). The van der Waals surface area contributed by atoms with Crippen LogP contribution in [0.3, 0.4) is 0 Å². The van der Waals surface area contributed by atoms with Crippen LogP contribution in [0.15, 0.2) is 24.3 Å². The SMILES string of the molecule is NC(=O)c1cccc(C(=O)NC[C@@]2(N3CCOCC3)CCSC2)c1. The minimum Gasteiger partial charge on any atom is -0.379 e. The summed E-state index contributed by atoms with van der Waals surface area (Å²) < 4.78 is 5.46. The summed E-state index contributed by atoms with van der Waals surface area (Å²) >= 11 is 1.93. The van der Waals surface area contributed by atoms with Crippen LogP contribution in [0.5, 0.6) is 0 Å². The molecule has 0 bridgehead atoms. The van der Waals surface area contributed by atoms with Crippen molar-refractivity contribution in [3.8, 4) is 0 Å². The molecule has 2 fully saturated rings. The van der Waals surface area contributed by atoms with E-state index in [0.29, 0.717) is 17.7 Å². The first-order valence-electron chi connectivity index (χ1n) is 8.19. The van der Waals surface area contributed by atoms with Crippen LogP contribution in [0.2, 0.25) is 0 Å². The van der Waals surface area contributed by atoms with Gasteiger partial charge in [0.25, 0.3) is 5.91 Å². The second-order valence-corrected chi connectivity index (χ2v) is 7.36. The Balaban J connectivity index is 1.67. The average molecular weight is 349 g/mol. The maximum atomic E-state index is 12.5. The number of nitrogens with one attached hydrogen (secondary N) is 1. The van der Waals surface area contributed by atoms with E-state index in [1.807, 2.05) is 11.8 Å². The number of nitrogens with two attached hydrogens (primary N) is 1. The van der Waals surface area contributed by atoms with Gasteiger partial charge in [0, 0.05) is 42.1 Å². The van der Waals surface area contributed by atoms with Crippen LogP contribution < -0.4 is 11.1 Å². The highest BCUT2D eigenvalue weighted by molar-refractivity contribution is 7.99. The first-order valence-corrected chi connectivity index (χ1v) is 9.35. The van der Waals surface area contributed by atoms with Gasteiger partial charge in [0.1, 0.15) is 0 Å². The summed E-state index contributed by atoms with van der Waals surface area (Å²) in [5.74, 6) is 1.45. The van der Waals surface area contributed by atoms with E-state index in [1.165, 1.54) is 0 Å².